The molecule has 7 heteroatoms. The number of ether oxygens (including phenoxy) is 2. The molecule has 1 aromatic heterocycles. The molecule has 0 unspecified atom stereocenters. The van der Waals surface area contributed by atoms with Crippen molar-refractivity contribution in [3.63, 3.8) is 0 Å². The Hall–Kier alpha value is -2.54. The molecule has 0 radical (unpaired) electrons. The molecule has 1 aromatic carbocycles. The van der Waals surface area contributed by atoms with Crippen LogP contribution in [0.2, 0.25) is 0 Å². The number of benzene rings is 1. The van der Waals surface area contributed by atoms with Crippen molar-refractivity contribution in [3.05, 3.63) is 52.9 Å². The van der Waals surface area contributed by atoms with Gasteiger partial charge in [-0.15, -0.1) is 0 Å². The van der Waals surface area contributed by atoms with Crippen LogP contribution in [-0.2, 0) is 16.9 Å². The molecule has 0 N–H and O–H groups in total. The van der Waals surface area contributed by atoms with Crippen molar-refractivity contribution in [1.82, 2.24) is 14.9 Å². The second kappa shape index (κ2) is 5.24. The Labute approximate surface area is 138 Å². The maximum atomic E-state index is 13.8. The first kappa shape index (κ1) is 15.0. The third kappa shape index (κ3) is 2.16. The van der Waals surface area contributed by atoms with Crippen LogP contribution in [0.5, 0.6) is 5.75 Å². The fraction of sp³-hybridized carbons (Fsp3) is 0.353. The summed E-state index contributed by atoms with van der Waals surface area (Å²) in [6, 6.07) is 4.21. The van der Waals surface area contributed by atoms with Gasteiger partial charge in [0.25, 0.3) is 5.91 Å². The molecule has 2 aromatic rings. The highest BCUT2D eigenvalue weighted by Crippen LogP contribution is 2.43. The van der Waals surface area contributed by atoms with Gasteiger partial charge >= 0.3 is 0 Å². The molecule has 4 rings (SSSR count). The lowest BCUT2D eigenvalue weighted by molar-refractivity contribution is -0.126. The number of nitrogens with zero attached hydrogens (tertiary/aromatic N) is 3. The van der Waals surface area contributed by atoms with Crippen molar-refractivity contribution >= 4 is 5.91 Å². The van der Waals surface area contributed by atoms with Gasteiger partial charge in [-0.1, -0.05) is 0 Å². The van der Waals surface area contributed by atoms with E-state index in [0.29, 0.717) is 31.1 Å². The van der Waals surface area contributed by atoms with Crippen LogP contribution in [0, 0.1) is 12.7 Å². The molecular formula is C17H16FN3O3. The summed E-state index contributed by atoms with van der Waals surface area (Å²) in [5.41, 5.74) is 1.59. The molecule has 0 aliphatic carbocycles. The van der Waals surface area contributed by atoms with E-state index in [1.165, 1.54) is 19.2 Å². The Morgan fingerprint density at radius 2 is 2.21 bits per heavy atom. The van der Waals surface area contributed by atoms with Gasteiger partial charge in [0.2, 0.25) is 0 Å². The number of carbonyl (C=O) groups excluding carboxylic acids is 1. The number of amides is 1. The second-order valence-electron chi connectivity index (χ2n) is 6.07. The largest absolute Gasteiger partial charge is 0.494 e. The number of aryl methyl sites for hydroxylation is 1. The zero-order valence-electron chi connectivity index (χ0n) is 13.4. The van der Waals surface area contributed by atoms with Crippen molar-refractivity contribution in [2.75, 3.05) is 20.2 Å². The van der Waals surface area contributed by atoms with E-state index in [2.05, 4.69) is 9.97 Å². The maximum Gasteiger partial charge on any atom is 0.254 e. The quantitative estimate of drug-likeness (QED) is 0.841. The maximum absolute atomic E-state index is 13.8. The van der Waals surface area contributed by atoms with E-state index in [1.54, 1.807) is 17.2 Å². The van der Waals surface area contributed by atoms with E-state index >= 15 is 0 Å². The number of likely N-dealkylation sites (tertiary alicyclic amines) is 1. The van der Waals surface area contributed by atoms with E-state index in [-0.39, 0.29) is 11.7 Å². The number of hydrogen-bond acceptors (Lipinski definition) is 5. The minimum atomic E-state index is -0.551. The molecule has 6 nitrogen and oxygen atoms in total. The van der Waals surface area contributed by atoms with Crippen LogP contribution in [0.3, 0.4) is 0 Å². The number of halogens is 1. The summed E-state index contributed by atoms with van der Waals surface area (Å²) in [5, 5.41) is 0. The van der Waals surface area contributed by atoms with Gasteiger partial charge in [-0.3, -0.25) is 4.79 Å². The van der Waals surface area contributed by atoms with Crippen LogP contribution in [-0.4, -0.2) is 41.0 Å². The molecule has 2 aliphatic heterocycles. The molecule has 2 aliphatic rings. The molecule has 1 fully saturated rings. The number of rotatable bonds is 2. The van der Waals surface area contributed by atoms with E-state index in [9.17, 15) is 9.18 Å². The smallest absolute Gasteiger partial charge is 0.254 e. The first-order valence-electron chi connectivity index (χ1n) is 7.62. The lowest BCUT2D eigenvalue weighted by Crippen LogP contribution is -2.61. The second-order valence-corrected chi connectivity index (χ2v) is 6.07. The number of fused-ring (bicyclic) bond motifs is 2. The van der Waals surface area contributed by atoms with Crippen LogP contribution in [0.25, 0.3) is 0 Å². The predicted molar refractivity (Wildman–Crippen MR) is 82.1 cm³/mol. The Kier molecular flexibility index (Phi) is 3.28. The van der Waals surface area contributed by atoms with Gasteiger partial charge in [0, 0.05) is 17.3 Å². The van der Waals surface area contributed by atoms with Gasteiger partial charge in [-0.2, -0.15) is 0 Å². The summed E-state index contributed by atoms with van der Waals surface area (Å²) in [4.78, 5) is 22.8. The molecule has 0 atom stereocenters. The van der Waals surface area contributed by atoms with Gasteiger partial charge < -0.3 is 14.4 Å². The van der Waals surface area contributed by atoms with Crippen LogP contribution < -0.4 is 4.74 Å². The van der Waals surface area contributed by atoms with Gasteiger partial charge in [0.05, 0.1) is 32.5 Å². The van der Waals surface area contributed by atoms with Crippen molar-refractivity contribution in [1.29, 1.82) is 0 Å². The van der Waals surface area contributed by atoms with Crippen LogP contribution in [0.4, 0.5) is 4.39 Å². The Morgan fingerprint density at radius 1 is 1.42 bits per heavy atom. The highest BCUT2D eigenvalue weighted by atomic mass is 19.1. The van der Waals surface area contributed by atoms with Gasteiger partial charge in [0.1, 0.15) is 11.4 Å². The van der Waals surface area contributed by atoms with Gasteiger partial charge in [-0.05, 0) is 25.1 Å². The number of carbonyl (C=O) groups is 1. The third-order valence-electron chi connectivity index (χ3n) is 4.54. The number of aromatic nitrogens is 2. The molecule has 1 spiro atoms. The fourth-order valence-electron chi connectivity index (χ4n) is 3.25. The SMILES string of the molecule is COc1ccc(C(=O)N2CC3(C2)OCc2nc(C)ncc23)cc1F. The Bertz CT molecular complexity index is 834. The summed E-state index contributed by atoms with van der Waals surface area (Å²) in [5.74, 6) is 0.0414. The molecular weight excluding hydrogens is 313 g/mol. The number of hydrogen-bond donors (Lipinski definition) is 0. The topological polar surface area (TPSA) is 64.5 Å². The van der Waals surface area contributed by atoms with E-state index in [1.807, 2.05) is 6.92 Å². The summed E-state index contributed by atoms with van der Waals surface area (Å²) in [7, 11) is 1.39. The molecule has 1 amide bonds. The lowest BCUT2D eigenvalue weighted by Gasteiger charge is -2.47. The highest BCUT2D eigenvalue weighted by Gasteiger charge is 2.52. The van der Waals surface area contributed by atoms with E-state index in [4.69, 9.17) is 9.47 Å². The summed E-state index contributed by atoms with van der Waals surface area (Å²) >= 11 is 0. The molecule has 1 saturated heterocycles. The minimum Gasteiger partial charge on any atom is -0.494 e. The lowest BCUT2D eigenvalue weighted by atomic mass is 9.87. The zero-order chi connectivity index (χ0) is 16.9. The van der Waals surface area contributed by atoms with E-state index in [0.717, 1.165) is 11.3 Å². The molecule has 0 bridgehead atoms. The van der Waals surface area contributed by atoms with Crippen molar-refractivity contribution in [2.24, 2.45) is 0 Å². The van der Waals surface area contributed by atoms with Crippen molar-refractivity contribution in [2.45, 2.75) is 19.1 Å². The third-order valence-corrected chi connectivity index (χ3v) is 4.54. The average molecular weight is 329 g/mol. The molecule has 3 heterocycles. The van der Waals surface area contributed by atoms with Crippen LogP contribution >= 0.6 is 0 Å². The summed E-state index contributed by atoms with van der Waals surface area (Å²) in [6.07, 6.45) is 1.78. The first-order valence-corrected chi connectivity index (χ1v) is 7.62. The normalized spacial score (nSPS) is 17.5. The Morgan fingerprint density at radius 3 is 2.92 bits per heavy atom. The van der Waals surface area contributed by atoms with Gasteiger partial charge in [-0.25, -0.2) is 14.4 Å². The highest BCUT2D eigenvalue weighted by molar-refractivity contribution is 5.95. The summed E-state index contributed by atoms with van der Waals surface area (Å²) in [6.45, 7) is 3.09. The molecule has 24 heavy (non-hydrogen) atoms. The van der Waals surface area contributed by atoms with Crippen molar-refractivity contribution in [3.8, 4) is 5.75 Å². The van der Waals surface area contributed by atoms with E-state index < -0.39 is 11.4 Å². The monoisotopic (exact) mass is 329 g/mol. The molecule has 0 saturated carbocycles. The first-order chi connectivity index (χ1) is 11.5. The molecule has 124 valence electrons. The fourth-order valence-corrected chi connectivity index (χ4v) is 3.25. The summed E-state index contributed by atoms with van der Waals surface area (Å²) < 4.78 is 24.5. The van der Waals surface area contributed by atoms with Crippen LogP contribution in [0.1, 0.15) is 27.4 Å². The standard InChI is InChI=1S/C17H16FN3O3/c1-10-19-6-12-14(20-10)7-24-17(12)8-21(9-17)16(22)11-3-4-15(23-2)13(18)5-11/h3-6H,7-9H2,1-2H3. The average Bonchev–Trinajstić information content (AvgIpc) is 2.91. The van der Waals surface area contributed by atoms with Crippen LogP contribution in [0.15, 0.2) is 24.4 Å². The van der Waals surface area contributed by atoms with Crippen molar-refractivity contribution < 1.29 is 18.7 Å². The number of methoxy groups -OCH3 is 1. The van der Waals surface area contributed by atoms with Gasteiger partial charge in [0.15, 0.2) is 11.6 Å². The minimum absolute atomic E-state index is 0.118. The zero-order valence-corrected chi connectivity index (χ0v) is 13.4. The Balaban J connectivity index is 1.52. The predicted octanol–water partition coefficient (Wildman–Crippen LogP) is 1.81.